The number of anilines is 1. The third-order valence-electron chi connectivity index (χ3n) is 2.85. The summed E-state index contributed by atoms with van der Waals surface area (Å²) in [5.41, 5.74) is 0.480. The zero-order chi connectivity index (χ0) is 16.1. The summed E-state index contributed by atoms with van der Waals surface area (Å²) in [7, 11) is 0. The van der Waals surface area contributed by atoms with Crippen LogP contribution in [0.4, 0.5) is 11.4 Å². The van der Waals surface area contributed by atoms with Crippen molar-refractivity contribution in [2.24, 2.45) is 0 Å². The van der Waals surface area contributed by atoms with Crippen molar-refractivity contribution < 1.29 is 14.5 Å². The number of rotatable bonds is 5. The Balaban J connectivity index is 2.03. The van der Waals surface area contributed by atoms with Gasteiger partial charge in [-0.05, 0) is 6.07 Å². The fourth-order valence-corrected chi connectivity index (χ4v) is 2.01. The molecule has 22 heavy (non-hydrogen) atoms. The molecular formula is C15H11ClN2O4. The van der Waals surface area contributed by atoms with Crippen molar-refractivity contribution in [2.75, 3.05) is 5.32 Å². The first-order valence-electron chi connectivity index (χ1n) is 6.29. The van der Waals surface area contributed by atoms with E-state index in [9.17, 15) is 19.7 Å². The monoisotopic (exact) mass is 318 g/mol. The molecular weight excluding hydrogens is 308 g/mol. The number of hydrogen-bond donors (Lipinski definition) is 1. The van der Waals surface area contributed by atoms with E-state index in [0.717, 1.165) is 6.07 Å². The van der Waals surface area contributed by atoms with Gasteiger partial charge in [0.1, 0.15) is 0 Å². The maximum atomic E-state index is 11.9. The number of amides is 1. The van der Waals surface area contributed by atoms with Crippen molar-refractivity contribution >= 4 is 34.7 Å². The van der Waals surface area contributed by atoms with Gasteiger partial charge in [-0.2, -0.15) is 0 Å². The molecule has 1 amide bonds. The number of carbonyl (C=O) groups is 2. The number of non-ortho nitro benzene ring substituents is 1. The third kappa shape index (κ3) is 3.89. The molecule has 0 aliphatic heterocycles. The fraction of sp³-hybridized carbons (Fsp3) is 0.0667. The largest absolute Gasteiger partial charge is 0.324 e. The first kappa shape index (κ1) is 15.7. The van der Waals surface area contributed by atoms with Crippen molar-refractivity contribution in [3.63, 3.8) is 0 Å². The maximum Gasteiger partial charge on any atom is 0.271 e. The Hall–Kier alpha value is -2.73. The molecule has 0 aliphatic rings. The van der Waals surface area contributed by atoms with Crippen LogP contribution in [0.15, 0.2) is 48.5 Å². The van der Waals surface area contributed by atoms with Gasteiger partial charge in [-0.1, -0.05) is 41.9 Å². The number of carbonyl (C=O) groups excluding carboxylic acids is 2. The van der Waals surface area contributed by atoms with Crippen LogP contribution in [0.2, 0.25) is 5.02 Å². The van der Waals surface area contributed by atoms with Crippen molar-refractivity contribution in [3.8, 4) is 0 Å². The molecule has 0 atom stereocenters. The lowest BCUT2D eigenvalue weighted by Gasteiger charge is -2.06. The van der Waals surface area contributed by atoms with Gasteiger partial charge >= 0.3 is 0 Å². The minimum absolute atomic E-state index is 0.0368. The Morgan fingerprint density at radius 1 is 1.14 bits per heavy atom. The molecule has 0 fully saturated rings. The molecule has 0 heterocycles. The zero-order valence-electron chi connectivity index (χ0n) is 11.3. The molecule has 112 valence electrons. The zero-order valence-corrected chi connectivity index (χ0v) is 12.0. The lowest BCUT2D eigenvalue weighted by molar-refractivity contribution is -0.384. The molecule has 0 spiro atoms. The molecule has 0 bridgehead atoms. The number of ketones is 1. The second-order valence-electron chi connectivity index (χ2n) is 4.44. The van der Waals surface area contributed by atoms with E-state index in [0.29, 0.717) is 5.56 Å². The minimum Gasteiger partial charge on any atom is -0.324 e. The average molecular weight is 319 g/mol. The van der Waals surface area contributed by atoms with Crippen LogP contribution in [0.5, 0.6) is 0 Å². The molecule has 0 saturated carbocycles. The highest BCUT2D eigenvalue weighted by atomic mass is 35.5. The lowest BCUT2D eigenvalue weighted by atomic mass is 10.1. The van der Waals surface area contributed by atoms with Crippen LogP contribution in [-0.2, 0) is 4.79 Å². The van der Waals surface area contributed by atoms with Crippen LogP contribution >= 0.6 is 11.6 Å². The Morgan fingerprint density at radius 3 is 2.41 bits per heavy atom. The number of nitrogens with zero attached hydrogens (tertiary/aromatic N) is 1. The highest BCUT2D eigenvalue weighted by molar-refractivity contribution is 6.34. The molecule has 0 unspecified atom stereocenters. The van der Waals surface area contributed by atoms with Gasteiger partial charge in [0.25, 0.3) is 5.69 Å². The van der Waals surface area contributed by atoms with E-state index >= 15 is 0 Å². The number of hydrogen-bond acceptors (Lipinski definition) is 4. The van der Waals surface area contributed by atoms with Crippen molar-refractivity contribution in [2.45, 2.75) is 6.42 Å². The smallest absolute Gasteiger partial charge is 0.271 e. The lowest BCUT2D eigenvalue weighted by Crippen LogP contribution is -2.16. The van der Waals surface area contributed by atoms with Crippen molar-refractivity contribution in [3.05, 3.63) is 69.2 Å². The van der Waals surface area contributed by atoms with Gasteiger partial charge in [-0.15, -0.1) is 0 Å². The predicted octanol–water partition coefficient (Wildman–Crippen LogP) is 3.46. The minimum atomic E-state index is -0.587. The fourth-order valence-electron chi connectivity index (χ4n) is 1.79. The molecule has 0 aliphatic carbocycles. The second-order valence-corrected chi connectivity index (χ2v) is 4.84. The van der Waals surface area contributed by atoms with E-state index in [1.54, 1.807) is 30.3 Å². The van der Waals surface area contributed by atoms with Crippen LogP contribution < -0.4 is 5.32 Å². The van der Waals surface area contributed by atoms with E-state index < -0.39 is 10.8 Å². The molecule has 1 N–H and O–H groups in total. The quantitative estimate of drug-likeness (QED) is 0.395. The molecule has 7 heteroatoms. The molecule has 2 aromatic carbocycles. The normalized spacial score (nSPS) is 10.0. The third-order valence-corrected chi connectivity index (χ3v) is 3.17. The van der Waals surface area contributed by atoms with Crippen LogP contribution in [0.3, 0.4) is 0 Å². The Labute approximate surface area is 130 Å². The number of halogens is 1. The summed E-state index contributed by atoms with van der Waals surface area (Å²) in [4.78, 5) is 33.8. The summed E-state index contributed by atoms with van der Waals surface area (Å²) in [5.74, 6) is -0.860. The summed E-state index contributed by atoms with van der Waals surface area (Å²) < 4.78 is 0. The van der Waals surface area contributed by atoms with Gasteiger partial charge in [0, 0.05) is 17.7 Å². The number of nitro groups is 1. The van der Waals surface area contributed by atoms with Gasteiger partial charge in [0.05, 0.1) is 22.1 Å². The summed E-state index contributed by atoms with van der Waals surface area (Å²) >= 11 is 5.87. The molecule has 2 rings (SSSR count). The van der Waals surface area contributed by atoms with Gasteiger partial charge in [-0.25, -0.2) is 0 Å². The van der Waals surface area contributed by atoms with Gasteiger partial charge in [0.15, 0.2) is 5.78 Å². The second kappa shape index (κ2) is 6.82. The number of nitrogens with one attached hydrogen (secondary N) is 1. The average Bonchev–Trinajstić information content (AvgIpc) is 2.50. The number of nitro benzene ring substituents is 1. The first-order chi connectivity index (χ1) is 10.5. The maximum absolute atomic E-state index is 11.9. The van der Waals surface area contributed by atoms with Gasteiger partial charge < -0.3 is 5.32 Å². The van der Waals surface area contributed by atoms with E-state index in [1.165, 1.54) is 12.1 Å². The standard InChI is InChI=1S/C15H11ClN2O4/c16-12-8-11(18(21)22)6-7-13(12)17-15(20)9-14(19)10-4-2-1-3-5-10/h1-8H,9H2,(H,17,20). The molecule has 0 radical (unpaired) electrons. The molecule has 2 aromatic rings. The van der Waals surface area contributed by atoms with Crippen LogP contribution in [0, 0.1) is 10.1 Å². The predicted molar refractivity (Wildman–Crippen MR) is 82.1 cm³/mol. The van der Waals surface area contributed by atoms with E-state index in [2.05, 4.69) is 5.32 Å². The number of Topliss-reactive ketones (excluding diaryl/α,β-unsaturated/α-hetero) is 1. The summed E-state index contributed by atoms with van der Waals surface area (Å²) in [6.45, 7) is 0. The molecule has 0 aromatic heterocycles. The van der Waals surface area contributed by atoms with Crippen LogP contribution in [0.1, 0.15) is 16.8 Å². The van der Waals surface area contributed by atoms with E-state index in [-0.39, 0.29) is 28.6 Å². The summed E-state index contributed by atoms with van der Waals surface area (Å²) in [6.07, 6.45) is -0.336. The number of benzene rings is 2. The van der Waals surface area contributed by atoms with Crippen molar-refractivity contribution in [1.29, 1.82) is 0 Å². The highest BCUT2D eigenvalue weighted by Crippen LogP contribution is 2.26. The van der Waals surface area contributed by atoms with Gasteiger partial charge in [0.2, 0.25) is 5.91 Å². The molecule has 6 nitrogen and oxygen atoms in total. The van der Waals surface area contributed by atoms with E-state index in [1.807, 2.05) is 0 Å². The highest BCUT2D eigenvalue weighted by Gasteiger charge is 2.14. The van der Waals surface area contributed by atoms with Crippen molar-refractivity contribution in [1.82, 2.24) is 0 Å². The van der Waals surface area contributed by atoms with Crippen LogP contribution in [0.25, 0.3) is 0 Å². The summed E-state index contributed by atoms with van der Waals surface area (Å²) in [6, 6.07) is 12.1. The Bertz CT molecular complexity index is 732. The SMILES string of the molecule is O=C(CC(=O)c1ccccc1)Nc1ccc([N+](=O)[O-])cc1Cl. The molecule has 0 saturated heterocycles. The van der Waals surface area contributed by atoms with Crippen LogP contribution in [-0.4, -0.2) is 16.6 Å². The topological polar surface area (TPSA) is 89.3 Å². The Kier molecular flexibility index (Phi) is 4.85. The van der Waals surface area contributed by atoms with E-state index in [4.69, 9.17) is 11.6 Å². The Morgan fingerprint density at radius 2 is 1.82 bits per heavy atom. The first-order valence-corrected chi connectivity index (χ1v) is 6.67. The van der Waals surface area contributed by atoms with Gasteiger partial charge in [-0.3, -0.25) is 19.7 Å². The summed E-state index contributed by atoms with van der Waals surface area (Å²) in [5, 5.41) is 13.1.